The Balaban J connectivity index is 1.28. The predicted octanol–water partition coefficient (Wildman–Crippen LogP) is 3.00. The van der Waals surface area contributed by atoms with Gasteiger partial charge in [-0.25, -0.2) is 13.2 Å². The number of carbonyl (C=O) groups excluding carboxylic acids is 1. The van der Waals surface area contributed by atoms with E-state index < -0.39 is 29.2 Å². The molecule has 0 aliphatic carbocycles. The van der Waals surface area contributed by atoms with Crippen molar-refractivity contribution in [2.75, 3.05) is 119 Å². The molecule has 286 valence electrons. The second-order valence-corrected chi connectivity index (χ2v) is 10.1. The zero-order chi connectivity index (χ0) is 36.6. The highest BCUT2D eigenvalue weighted by Gasteiger charge is 2.16. The number of ether oxygens (including phenoxy) is 10. The minimum Gasteiger partial charge on any atom is -0.491 e. The summed E-state index contributed by atoms with van der Waals surface area (Å²) in [7, 11) is 0. The van der Waals surface area contributed by atoms with Crippen LogP contribution >= 0.6 is 0 Å². The Kier molecular flexibility index (Phi) is 25.6. The van der Waals surface area contributed by atoms with Crippen LogP contribution in [-0.2, 0) is 42.7 Å². The van der Waals surface area contributed by atoms with Crippen LogP contribution in [0.2, 0.25) is 0 Å². The van der Waals surface area contributed by atoms with E-state index in [4.69, 9.17) is 48.5 Å². The van der Waals surface area contributed by atoms with Crippen molar-refractivity contribution in [3.8, 4) is 11.5 Å². The van der Waals surface area contributed by atoms with Gasteiger partial charge in [-0.3, -0.25) is 9.79 Å². The number of rotatable bonds is 32. The van der Waals surface area contributed by atoms with Crippen LogP contribution < -0.4 is 15.3 Å². The largest absolute Gasteiger partial charge is 0.491 e. The second-order valence-electron chi connectivity index (χ2n) is 10.1. The summed E-state index contributed by atoms with van der Waals surface area (Å²) in [4.78, 5) is 15.9. The highest BCUT2D eigenvalue weighted by atomic mass is 19.1. The van der Waals surface area contributed by atoms with E-state index >= 15 is 0 Å². The van der Waals surface area contributed by atoms with Crippen molar-refractivity contribution in [2.24, 2.45) is 15.9 Å². The van der Waals surface area contributed by atoms with Gasteiger partial charge in [0.2, 0.25) is 5.75 Å². The molecule has 0 heterocycles. The Labute approximate surface area is 295 Å². The lowest BCUT2D eigenvalue weighted by Crippen LogP contribution is -2.17. The molecule has 14 nitrogen and oxygen atoms in total. The summed E-state index contributed by atoms with van der Waals surface area (Å²) < 4.78 is 93.4. The number of hydrazone groups is 1. The number of halogens is 3. The van der Waals surface area contributed by atoms with Gasteiger partial charge in [0.05, 0.1) is 119 Å². The van der Waals surface area contributed by atoms with Crippen molar-refractivity contribution in [2.45, 2.75) is 6.42 Å². The molecule has 0 radical (unpaired) electrons. The van der Waals surface area contributed by atoms with Gasteiger partial charge in [-0.2, -0.15) is 5.10 Å². The normalized spacial score (nSPS) is 11.8. The number of hydrogen-bond acceptors (Lipinski definition) is 14. The van der Waals surface area contributed by atoms with Crippen LogP contribution in [0.4, 0.5) is 13.2 Å². The minimum atomic E-state index is -1.30. The van der Waals surface area contributed by atoms with Gasteiger partial charge < -0.3 is 53.2 Å². The average Bonchev–Trinajstić information content (AvgIpc) is 3.12. The molecule has 2 rings (SSSR count). The van der Waals surface area contributed by atoms with Crippen LogP contribution in [0.5, 0.6) is 11.5 Å². The lowest BCUT2D eigenvalue weighted by atomic mass is 10.3. The average molecular weight is 732 g/mol. The van der Waals surface area contributed by atoms with Crippen molar-refractivity contribution < 1.29 is 65.3 Å². The lowest BCUT2D eigenvalue weighted by molar-refractivity contribution is -0.136. The zero-order valence-electron chi connectivity index (χ0n) is 28.7. The van der Waals surface area contributed by atoms with E-state index in [1.807, 2.05) is 30.3 Å². The van der Waals surface area contributed by atoms with E-state index in [2.05, 4.69) is 14.8 Å². The first kappa shape index (κ1) is 43.5. The molecule has 0 amide bonds. The number of para-hydroxylation sites is 1. The maximum Gasteiger partial charge on any atom is 0.313 e. The molecule has 0 aliphatic heterocycles. The fourth-order valence-corrected chi connectivity index (χ4v) is 3.68. The Morgan fingerprint density at radius 2 is 1.10 bits per heavy atom. The molecule has 51 heavy (non-hydrogen) atoms. The van der Waals surface area contributed by atoms with E-state index in [1.54, 1.807) is 0 Å². The smallest absolute Gasteiger partial charge is 0.313 e. The Morgan fingerprint density at radius 3 is 1.63 bits per heavy atom. The van der Waals surface area contributed by atoms with Crippen LogP contribution in [0.1, 0.15) is 6.42 Å². The summed E-state index contributed by atoms with van der Waals surface area (Å²) in [5.41, 5.74) is 0.485. The number of esters is 1. The number of nitrogens with two attached hydrogens (primary N) is 1. The second kappa shape index (κ2) is 30.0. The number of nitrogens with zero attached hydrogens (tertiary/aromatic N) is 2. The predicted molar refractivity (Wildman–Crippen MR) is 180 cm³/mol. The number of aliphatic imine (C=N–C) groups is 1. The van der Waals surface area contributed by atoms with E-state index in [9.17, 15) is 18.0 Å². The number of benzene rings is 2. The third-order valence-electron chi connectivity index (χ3n) is 6.12. The Morgan fingerprint density at radius 1 is 0.627 bits per heavy atom. The molecule has 0 saturated heterocycles. The fraction of sp³-hybridized carbons (Fsp3) is 0.559. The van der Waals surface area contributed by atoms with Crippen molar-refractivity contribution in [1.29, 1.82) is 0 Å². The minimum absolute atomic E-state index is 0.0446. The molecular formula is C34H48F3N3O11. The van der Waals surface area contributed by atoms with E-state index in [1.165, 1.54) is 6.21 Å². The first-order valence-corrected chi connectivity index (χ1v) is 16.4. The molecule has 17 heteroatoms. The van der Waals surface area contributed by atoms with Crippen molar-refractivity contribution >= 4 is 17.9 Å². The summed E-state index contributed by atoms with van der Waals surface area (Å²) in [6.07, 6.45) is 1.29. The molecule has 0 atom stereocenters. The first-order valence-electron chi connectivity index (χ1n) is 16.4. The van der Waals surface area contributed by atoms with Gasteiger partial charge in [0.1, 0.15) is 23.9 Å². The molecule has 0 saturated carbocycles. The molecule has 2 aromatic rings. The lowest BCUT2D eigenvalue weighted by Gasteiger charge is -2.08. The van der Waals surface area contributed by atoms with Gasteiger partial charge in [-0.05, 0) is 12.1 Å². The number of hydrogen-bond donors (Lipinski definition) is 1. The third kappa shape index (κ3) is 23.4. The van der Waals surface area contributed by atoms with Gasteiger partial charge in [-0.1, -0.05) is 18.2 Å². The molecule has 0 aromatic heterocycles. The topological polar surface area (TPSA) is 160 Å². The van der Waals surface area contributed by atoms with Crippen LogP contribution in [-0.4, -0.2) is 137 Å². The molecular weight excluding hydrogens is 683 g/mol. The highest BCUT2D eigenvalue weighted by Crippen LogP contribution is 2.23. The first-order chi connectivity index (χ1) is 25.0. The quantitative estimate of drug-likeness (QED) is 0.0293. The van der Waals surface area contributed by atoms with Gasteiger partial charge in [0.25, 0.3) is 0 Å². The molecule has 0 spiro atoms. The zero-order valence-corrected chi connectivity index (χ0v) is 28.7. The van der Waals surface area contributed by atoms with Gasteiger partial charge in [0.15, 0.2) is 11.6 Å². The van der Waals surface area contributed by atoms with E-state index in [0.717, 1.165) is 5.75 Å². The van der Waals surface area contributed by atoms with Crippen LogP contribution in [0, 0.1) is 17.5 Å². The standard InChI is InChI=1S/C34H48F3N3O11/c35-28-24-31(36)34(32(37)25-28)51-33(41)6-8-42-10-12-44-14-15-45-13-11-43-9-7-39-26-29(40-38)27-49-21-20-47-17-16-46-18-19-48-22-23-50-30-4-2-1-3-5-30/h1-5,24-26H,6-23,27,38H2/b39-26?,40-29+. The summed E-state index contributed by atoms with van der Waals surface area (Å²) in [6, 6.07) is 10.4. The number of carbonyl (C=O) groups is 1. The Hall–Kier alpha value is -3.68. The summed E-state index contributed by atoms with van der Waals surface area (Å²) in [6.45, 7) is 6.42. The molecule has 0 bridgehead atoms. The van der Waals surface area contributed by atoms with Crippen LogP contribution in [0.3, 0.4) is 0 Å². The van der Waals surface area contributed by atoms with Crippen molar-refractivity contribution in [3.05, 3.63) is 59.9 Å². The molecule has 0 aliphatic rings. The van der Waals surface area contributed by atoms with Gasteiger partial charge in [-0.15, -0.1) is 0 Å². The maximum atomic E-state index is 13.5. The molecule has 0 unspecified atom stereocenters. The van der Waals surface area contributed by atoms with Crippen LogP contribution in [0.15, 0.2) is 52.6 Å². The summed E-state index contributed by atoms with van der Waals surface area (Å²) in [5.74, 6) is 0.622. The van der Waals surface area contributed by atoms with E-state index in [0.29, 0.717) is 110 Å². The summed E-state index contributed by atoms with van der Waals surface area (Å²) in [5, 5.41) is 3.66. The molecule has 0 fully saturated rings. The highest BCUT2D eigenvalue weighted by molar-refractivity contribution is 6.31. The maximum absolute atomic E-state index is 13.5. The summed E-state index contributed by atoms with van der Waals surface area (Å²) >= 11 is 0. The van der Waals surface area contributed by atoms with Crippen LogP contribution in [0.25, 0.3) is 0 Å². The Bertz CT molecular complexity index is 1220. The van der Waals surface area contributed by atoms with Gasteiger partial charge >= 0.3 is 5.97 Å². The monoisotopic (exact) mass is 731 g/mol. The molecule has 2 aromatic carbocycles. The SMILES string of the molecule is N/N=C(\C=NCCOCCOCCOCCOCCC(=O)Oc1c(F)cc(F)cc1F)COCCOCCOCCOCCOc1ccccc1. The fourth-order valence-electron chi connectivity index (χ4n) is 3.68. The third-order valence-corrected chi connectivity index (χ3v) is 6.12. The van der Waals surface area contributed by atoms with Crippen molar-refractivity contribution in [1.82, 2.24) is 0 Å². The van der Waals surface area contributed by atoms with E-state index in [-0.39, 0.29) is 32.8 Å². The molecule has 2 N–H and O–H groups in total. The van der Waals surface area contributed by atoms with Gasteiger partial charge in [0, 0.05) is 18.3 Å². The van der Waals surface area contributed by atoms with Crippen molar-refractivity contribution in [3.63, 3.8) is 0 Å².